The SMILES string of the molecule is CNC(=O)C1COCCN1S(=O)(=O)c1cc(C)cc(N)c1. The van der Waals surface area contributed by atoms with Gasteiger partial charge in [0.15, 0.2) is 0 Å². The summed E-state index contributed by atoms with van der Waals surface area (Å²) in [6.45, 7) is 2.20. The number of nitrogen functional groups attached to an aromatic ring is 1. The smallest absolute Gasteiger partial charge is 0.244 e. The first-order valence-corrected chi connectivity index (χ1v) is 7.98. The van der Waals surface area contributed by atoms with Gasteiger partial charge in [-0.2, -0.15) is 4.31 Å². The highest BCUT2D eigenvalue weighted by molar-refractivity contribution is 7.89. The Morgan fingerprint density at radius 1 is 1.43 bits per heavy atom. The summed E-state index contributed by atoms with van der Waals surface area (Å²) < 4.78 is 31.9. The number of rotatable bonds is 3. The van der Waals surface area contributed by atoms with Gasteiger partial charge < -0.3 is 15.8 Å². The van der Waals surface area contributed by atoms with Crippen LogP contribution >= 0.6 is 0 Å². The highest BCUT2D eigenvalue weighted by Gasteiger charge is 2.38. The fourth-order valence-corrected chi connectivity index (χ4v) is 4.01. The van der Waals surface area contributed by atoms with Crippen molar-refractivity contribution in [3.63, 3.8) is 0 Å². The van der Waals surface area contributed by atoms with Crippen LogP contribution in [0.4, 0.5) is 5.69 Å². The molecule has 0 radical (unpaired) electrons. The number of benzene rings is 1. The Labute approximate surface area is 124 Å². The van der Waals surface area contributed by atoms with Crippen LogP contribution in [0.1, 0.15) is 5.56 Å². The molecule has 1 heterocycles. The minimum absolute atomic E-state index is 0.0419. The molecule has 1 unspecified atom stereocenters. The number of aryl methyl sites for hydroxylation is 1. The number of ether oxygens (including phenoxy) is 1. The lowest BCUT2D eigenvalue weighted by Gasteiger charge is -2.33. The molecule has 1 atom stereocenters. The van der Waals surface area contributed by atoms with E-state index in [1.165, 1.54) is 17.4 Å². The van der Waals surface area contributed by atoms with Crippen molar-refractivity contribution in [3.8, 4) is 0 Å². The Kier molecular flexibility index (Phi) is 4.50. The average Bonchev–Trinajstić information content (AvgIpc) is 2.45. The summed E-state index contributed by atoms with van der Waals surface area (Å²) >= 11 is 0. The predicted molar refractivity (Wildman–Crippen MR) is 78.2 cm³/mol. The highest BCUT2D eigenvalue weighted by Crippen LogP contribution is 2.23. The fraction of sp³-hybridized carbons (Fsp3) is 0.462. The number of nitrogens with two attached hydrogens (primary N) is 1. The Morgan fingerprint density at radius 3 is 2.76 bits per heavy atom. The van der Waals surface area contributed by atoms with E-state index in [4.69, 9.17) is 10.5 Å². The van der Waals surface area contributed by atoms with E-state index >= 15 is 0 Å². The highest BCUT2D eigenvalue weighted by atomic mass is 32.2. The van der Waals surface area contributed by atoms with Gasteiger partial charge in [-0.1, -0.05) is 0 Å². The van der Waals surface area contributed by atoms with Gasteiger partial charge in [-0.25, -0.2) is 8.42 Å². The first-order chi connectivity index (χ1) is 9.86. The molecule has 21 heavy (non-hydrogen) atoms. The van der Waals surface area contributed by atoms with Crippen molar-refractivity contribution in [3.05, 3.63) is 23.8 Å². The quantitative estimate of drug-likeness (QED) is 0.747. The second kappa shape index (κ2) is 6.00. The normalized spacial score (nSPS) is 20.2. The van der Waals surface area contributed by atoms with E-state index in [2.05, 4.69) is 5.32 Å². The molecule has 3 N–H and O–H groups in total. The molecule has 1 aliphatic heterocycles. The molecule has 1 amide bonds. The molecule has 0 saturated carbocycles. The van der Waals surface area contributed by atoms with E-state index in [1.54, 1.807) is 19.1 Å². The molecule has 1 aromatic rings. The van der Waals surface area contributed by atoms with Crippen molar-refractivity contribution < 1.29 is 17.9 Å². The molecule has 7 nitrogen and oxygen atoms in total. The topological polar surface area (TPSA) is 102 Å². The molecule has 0 aliphatic carbocycles. The van der Waals surface area contributed by atoms with Crippen molar-refractivity contribution in [2.45, 2.75) is 17.9 Å². The molecular weight excluding hydrogens is 294 g/mol. The van der Waals surface area contributed by atoms with Crippen LogP contribution in [0.25, 0.3) is 0 Å². The van der Waals surface area contributed by atoms with Crippen LogP contribution in [0.3, 0.4) is 0 Å². The molecule has 1 aromatic carbocycles. The largest absolute Gasteiger partial charge is 0.399 e. The van der Waals surface area contributed by atoms with Gasteiger partial charge in [-0.15, -0.1) is 0 Å². The molecule has 1 fully saturated rings. The fourth-order valence-electron chi connectivity index (χ4n) is 2.31. The lowest BCUT2D eigenvalue weighted by molar-refractivity contribution is -0.128. The zero-order valence-electron chi connectivity index (χ0n) is 12.0. The number of nitrogens with one attached hydrogen (secondary N) is 1. The third-order valence-corrected chi connectivity index (χ3v) is 5.19. The van der Waals surface area contributed by atoms with Crippen LogP contribution in [-0.2, 0) is 19.6 Å². The number of sulfonamides is 1. The van der Waals surface area contributed by atoms with E-state index in [9.17, 15) is 13.2 Å². The van der Waals surface area contributed by atoms with Gasteiger partial charge in [0, 0.05) is 19.3 Å². The van der Waals surface area contributed by atoms with Gasteiger partial charge in [0.25, 0.3) is 0 Å². The minimum atomic E-state index is -3.80. The van der Waals surface area contributed by atoms with Gasteiger partial charge >= 0.3 is 0 Å². The molecule has 1 saturated heterocycles. The molecule has 2 rings (SSSR count). The van der Waals surface area contributed by atoms with Crippen LogP contribution in [0.15, 0.2) is 23.1 Å². The number of carbonyl (C=O) groups excluding carboxylic acids is 1. The van der Waals surface area contributed by atoms with Gasteiger partial charge in [0.1, 0.15) is 6.04 Å². The van der Waals surface area contributed by atoms with E-state index < -0.39 is 16.1 Å². The Morgan fingerprint density at radius 2 is 2.14 bits per heavy atom. The summed E-state index contributed by atoms with van der Waals surface area (Å²) in [5, 5.41) is 2.46. The molecule has 1 aliphatic rings. The lowest BCUT2D eigenvalue weighted by Crippen LogP contribution is -2.55. The summed E-state index contributed by atoms with van der Waals surface area (Å²) in [7, 11) is -2.33. The average molecular weight is 313 g/mol. The third-order valence-electron chi connectivity index (χ3n) is 3.31. The van der Waals surface area contributed by atoms with Crippen LogP contribution in [0.2, 0.25) is 0 Å². The summed E-state index contributed by atoms with van der Waals surface area (Å²) in [5.74, 6) is -0.390. The molecule has 0 spiro atoms. The second-order valence-electron chi connectivity index (χ2n) is 4.90. The summed E-state index contributed by atoms with van der Waals surface area (Å²) in [6.07, 6.45) is 0. The van der Waals surface area contributed by atoms with Crippen molar-refractivity contribution in [1.82, 2.24) is 9.62 Å². The number of anilines is 1. The summed E-state index contributed by atoms with van der Waals surface area (Å²) in [5.41, 5.74) is 6.84. The monoisotopic (exact) mass is 313 g/mol. The van der Waals surface area contributed by atoms with Crippen LogP contribution in [0.5, 0.6) is 0 Å². The number of morpholine rings is 1. The van der Waals surface area contributed by atoms with E-state index in [0.717, 1.165) is 5.56 Å². The number of hydrogen-bond acceptors (Lipinski definition) is 5. The van der Waals surface area contributed by atoms with Crippen molar-refractivity contribution in [2.24, 2.45) is 0 Å². The van der Waals surface area contributed by atoms with E-state index in [-0.39, 0.29) is 30.6 Å². The zero-order valence-corrected chi connectivity index (χ0v) is 12.8. The van der Waals surface area contributed by atoms with Crippen LogP contribution < -0.4 is 11.1 Å². The maximum Gasteiger partial charge on any atom is 0.244 e. The minimum Gasteiger partial charge on any atom is -0.399 e. The van der Waals surface area contributed by atoms with Crippen molar-refractivity contribution in [2.75, 3.05) is 32.5 Å². The predicted octanol–water partition coefficient (Wildman–Crippen LogP) is -0.287. The number of nitrogens with zero attached hydrogens (tertiary/aromatic N) is 1. The molecular formula is C13H19N3O4S. The summed E-state index contributed by atoms with van der Waals surface area (Å²) in [6, 6.07) is 3.77. The van der Waals surface area contributed by atoms with Crippen LogP contribution in [0, 0.1) is 6.92 Å². The van der Waals surface area contributed by atoms with Crippen LogP contribution in [-0.4, -0.2) is 51.5 Å². The number of carbonyl (C=O) groups is 1. The molecule has 116 valence electrons. The molecule has 8 heteroatoms. The van der Waals surface area contributed by atoms with Gasteiger partial charge in [0.05, 0.1) is 18.1 Å². The second-order valence-corrected chi connectivity index (χ2v) is 6.79. The Bertz CT molecular complexity index is 625. The maximum atomic E-state index is 12.8. The van der Waals surface area contributed by atoms with Gasteiger partial charge in [0.2, 0.25) is 15.9 Å². The van der Waals surface area contributed by atoms with Gasteiger partial charge in [-0.3, -0.25) is 4.79 Å². The number of hydrogen-bond donors (Lipinski definition) is 2. The third kappa shape index (κ3) is 3.17. The summed E-state index contributed by atoms with van der Waals surface area (Å²) in [4.78, 5) is 12.0. The van der Waals surface area contributed by atoms with E-state index in [0.29, 0.717) is 5.69 Å². The maximum absolute atomic E-state index is 12.8. The zero-order chi connectivity index (χ0) is 15.6. The first kappa shape index (κ1) is 15.7. The van der Waals surface area contributed by atoms with E-state index in [1.807, 2.05) is 0 Å². The first-order valence-electron chi connectivity index (χ1n) is 6.54. The van der Waals surface area contributed by atoms with Gasteiger partial charge in [-0.05, 0) is 30.7 Å². The standard InChI is InChI=1S/C13H19N3O4S/c1-9-5-10(14)7-11(6-9)21(18,19)16-3-4-20-8-12(16)13(17)15-2/h5-7,12H,3-4,8,14H2,1-2H3,(H,15,17). The molecule has 0 aromatic heterocycles. The van der Waals surface area contributed by atoms with Crippen molar-refractivity contribution >= 4 is 21.6 Å². The number of amides is 1. The Balaban J connectivity index is 2.42. The van der Waals surface area contributed by atoms with Crippen molar-refractivity contribution in [1.29, 1.82) is 0 Å². The number of likely N-dealkylation sites (N-methyl/N-ethyl adjacent to an activating group) is 1. The molecule has 0 bridgehead atoms. The lowest BCUT2D eigenvalue weighted by atomic mass is 10.2. The Hall–Kier alpha value is -1.64.